The number of nitrogens with one attached hydrogen (secondary N) is 3. The lowest BCUT2D eigenvalue weighted by Gasteiger charge is -2.28. The molecule has 0 aliphatic carbocycles. The third-order valence-corrected chi connectivity index (χ3v) is 4.69. The van der Waals surface area contributed by atoms with Gasteiger partial charge in [-0.3, -0.25) is 20.5 Å². The van der Waals surface area contributed by atoms with Crippen LogP contribution in [0.2, 0.25) is 0 Å². The Morgan fingerprint density at radius 3 is 2.61 bits per heavy atom. The Morgan fingerprint density at radius 1 is 1.26 bits per heavy atom. The van der Waals surface area contributed by atoms with Crippen LogP contribution in [0.3, 0.4) is 0 Å². The van der Waals surface area contributed by atoms with Crippen molar-refractivity contribution in [3.05, 3.63) is 11.6 Å². The normalized spacial score (nSPS) is 28.1. The molecule has 0 bridgehead atoms. The van der Waals surface area contributed by atoms with E-state index in [1.165, 1.54) is 0 Å². The molecule has 1 fully saturated rings. The number of hydrazine groups is 1. The minimum Gasteiger partial charge on any atom is -0.349 e. The van der Waals surface area contributed by atoms with Gasteiger partial charge in [0.15, 0.2) is 0 Å². The molecule has 1 amide bonds. The maximum absolute atomic E-state index is 12.3. The molecule has 8 heteroatoms. The lowest BCUT2D eigenvalue weighted by molar-refractivity contribution is -0.123. The Labute approximate surface area is 137 Å². The summed E-state index contributed by atoms with van der Waals surface area (Å²) in [5, 5.41) is 11.7. The van der Waals surface area contributed by atoms with Gasteiger partial charge in [-0.2, -0.15) is 0 Å². The summed E-state index contributed by atoms with van der Waals surface area (Å²) in [5.74, 6) is 2.43. The molecule has 0 radical (unpaired) electrons. The Kier molecular flexibility index (Phi) is 4.65. The molecule has 2 unspecified atom stereocenters. The molecule has 1 saturated heterocycles. The minimum absolute atomic E-state index is 0.0660. The number of rotatable bonds is 4. The van der Waals surface area contributed by atoms with Crippen molar-refractivity contribution in [3.8, 4) is 0 Å². The molecule has 0 saturated carbocycles. The molecule has 0 spiro atoms. The van der Waals surface area contributed by atoms with E-state index >= 15 is 0 Å². The van der Waals surface area contributed by atoms with E-state index in [9.17, 15) is 4.79 Å². The van der Waals surface area contributed by atoms with Crippen molar-refractivity contribution >= 4 is 5.91 Å². The van der Waals surface area contributed by atoms with E-state index in [0.29, 0.717) is 19.0 Å². The number of hydrogen-bond acceptors (Lipinski definition) is 6. The van der Waals surface area contributed by atoms with Crippen LogP contribution in [0.1, 0.15) is 45.3 Å². The van der Waals surface area contributed by atoms with Crippen LogP contribution in [-0.4, -0.2) is 56.8 Å². The fourth-order valence-electron chi connectivity index (χ4n) is 3.35. The molecule has 0 aromatic carbocycles. The van der Waals surface area contributed by atoms with Gasteiger partial charge >= 0.3 is 0 Å². The van der Waals surface area contributed by atoms with Crippen molar-refractivity contribution in [1.82, 2.24) is 35.8 Å². The number of nitrogens with zero attached hydrogens (tertiary/aromatic N) is 4. The molecule has 23 heavy (non-hydrogen) atoms. The topological polar surface area (TPSA) is 87.1 Å². The Balaban J connectivity index is 1.56. The molecule has 2 aliphatic rings. The summed E-state index contributed by atoms with van der Waals surface area (Å²) in [6, 6.07) is 0.572. The first-order chi connectivity index (χ1) is 11.0. The van der Waals surface area contributed by atoms with Crippen LogP contribution in [-0.2, 0) is 17.9 Å². The number of fused-ring (bicyclic) bond motifs is 1. The van der Waals surface area contributed by atoms with Gasteiger partial charge in [0, 0.05) is 31.1 Å². The standard InChI is InChI=1S/C15H27N7O/c1-9(2)15-20-19-12-7-21(5-6-22(12)15)8-13(23)16-14-10(3)17-18-11(14)4/h9-11,14,17-18H,5-8H2,1-4H3,(H,16,23). The first-order valence-electron chi connectivity index (χ1n) is 8.40. The molecular formula is C15H27N7O. The van der Waals surface area contributed by atoms with Crippen molar-refractivity contribution in [2.45, 2.75) is 64.8 Å². The summed E-state index contributed by atoms with van der Waals surface area (Å²) in [6.07, 6.45) is 0. The van der Waals surface area contributed by atoms with Crippen molar-refractivity contribution in [1.29, 1.82) is 0 Å². The fraction of sp³-hybridized carbons (Fsp3) is 0.800. The molecule has 1 aromatic rings. The van der Waals surface area contributed by atoms with Gasteiger partial charge in [0.1, 0.15) is 11.6 Å². The average Bonchev–Trinajstić information content (AvgIpc) is 3.05. The number of aromatic nitrogens is 3. The molecule has 3 rings (SSSR count). The monoisotopic (exact) mass is 321 g/mol. The van der Waals surface area contributed by atoms with Gasteiger partial charge in [-0.15, -0.1) is 10.2 Å². The van der Waals surface area contributed by atoms with Crippen molar-refractivity contribution < 1.29 is 4.79 Å². The van der Waals surface area contributed by atoms with E-state index in [2.05, 4.69) is 63.5 Å². The number of carbonyl (C=O) groups is 1. The van der Waals surface area contributed by atoms with Gasteiger partial charge in [0.05, 0.1) is 19.1 Å². The van der Waals surface area contributed by atoms with E-state index in [-0.39, 0.29) is 24.0 Å². The molecule has 3 N–H and O–H groups in total. The molecule has 3 heterocycles. The number of hydrogen-bond donors (Lipinski definition) is 3. The van der Waals surface area contributed by atoms with Crippen LogP contribution in [0, 0.1) is 0 Å². The van der Waals surface area contributed by atoms with Crippen LogP contribution in [0.4, 0.5) is 0 Å². The zero-order valence-corrected chi connectivity index (χ0v) is 14.3. The first kappa shape index (κ1) is 16.4. The van der Waals surface area contributed by atoms with E-state index < -0.39 is 0 Å². The van der Waals surface area contributed by atoms with Gasteiger partial charge < -0.3 is 9.88 Å². The number of amides is 1. The predicted octanol–water partition coefficient (Wildman–Crippen LogP) is -0.413. The highest BCUT2D eigenvalue weighted by atomic mass is 16.2. The second-order valence-electron chi connectivity index (χ2n) is 6.95. The van der Waals surface area contributed by atoms with Crippen LogP contribution in [0.25, 0.3) is 0 Å². The Bertz CT molecular complexity index is 560. The quantitative estimate of drug-likeness (QED) is 0.699. The van der Waals surface area contributed by atoms with E-state index in [1.54, 1.807) is 0 Å². The lowest BCUT2D eigenvalue weighted by atomic mass is 10.1. The summed E-state index contributed by atoms with van der Waals surface area (Å²) in [6.45, 7) is 11.2. The van der Waals surface area contributed by atoms with Crippen LogP contribution in [0.5, 0.6) is 0 Å². The zero-order valence-electron chi connectivity index (χ0n) is 14.3. The second kappa shape index (κ2) is 6.54. The molecule has 2 aliphatic heterocycles. The molecule has 128 valence electrons. The van der Waals surface area contributed by atoms with E-state index in [0.717, 1.165) is 24.7 Å². The summed E-state index contributed by atoms with van der Waals surface area (Å²) >= 11 is 0. The summed E-state index contributed by atoms with van der Waals surface area (Å²) < 4.78 is 2.19. The third kappa shape index (κ3) is 3.39. The van der Waals surface area contributed by atoms with Gasteiger partial charge in [-0.1, -0.05) is 13.8 Å². The maximum atomic E-state index is 12.3. The van der Waals surface area contributed by atoms with E-state index in [1.807, 2.05) is 0 Å². The smallest absolute Gasteiger partial charge is 0.234 e. The largest absolute Gasteiger partial charge is 0.349 e. The van der Waals surface area contributed by atoms with Gasteiger partial charge in [-0.25, -0.2) is 0 Å². The highest BCUT2D eigenvalue weighted by Gasteiger charge is 2.31. The minimum atomic E-state index is 0.0660. The molecule has 8 nitrogen and oxygen atoms in total. The average molecular weight is 321 g/mol. The summed E-state index contributed by atoms with van der Waals surface area (Å²) in [7, 11) is 0. The second-order valence-corrected chi connectivity index (χ2v) is 6.95. The van der Waals surface area contributed by atoms with Crippen molar-refractivity contribution in [2.24, 2.45) is 0 Å². The van der Waals surface area contributed by atoms with Crippen LogP contribution in [0.15, 0.2) is 0 Å². The summed E-state index contributed by atoms with van der Waals surface area (Å²) in [5.41, 5.74) is 6.31. The first-order valence-corrected chi connectivity index (χ1v) is 8.40. The fourth-order valence-corrected chi connectivity index (χ4v) is 3.35. The molecule has 2 atom stereocenters. The summed E-state index contributed by atoms with van der Waals surface area (Å²) in [4.78, 5) is 14.5. The molecule has 1 aromatic heterocycles. The number of carbonyl (C=O) groups excluding carboxylic acids is 1. The van der Waals surface area contributed by atoms with Gasteiger partial charge in [0.2, 0.25) is 5.91 Å². The van der Waals surface area contributed by atoms with Crippen LogP contribution >= 0.6 is 0 Å². The zero-order chi connectivity index (χ0) is 16.6. The Morgan fingerprint density at radius 2 is 1.96 bits per heavy atom. The molecular weight excluding hydrogens is 294 g/mol. The van der Waals surface area contributed by atoms with Gasteiger partial charge in [0.25, 0.3) is 0 Å². The third-order valence-electron chi connectivity index (χ3n) is 4.69. The van der Waals surface area contributed by atoms with Crippen LogP contribution < -0.4 is 16.2 Å². The highest BCUT2D eigenvalue weighted by molar-refractivity contribution is 5.78. The van der Waals surface area contributed by atoms with E-state index in [4.69, 9.17) is 0 Å². The highest BCUT2D eigenvalue weighted by Crippen LogP contribution is 2.18. The van der Waals surface area contributed by atoms with Crippen molar-refractivity contribution in [2.75, 3.05) is 13.1 Å². The Hall–Kier alpha value is -1.51. The lowest BCUT2D eigenvalue weighted by Crippen LogP contribution is -2.50. The maximum Gasteiger partial charge on any atom is 0.234 e. The SMILES string of the molecule is CC(C)c1nnc2n1CCN(CC(=O)NC1C(C)NNC1C)C2. The van der Waals surface area contributed by atoms with Crippen molar-refractivity contribution in [3.63, 3.8) is 0 Å². The predicted molar refractivity (Wildman–Crippen MR) is 86.5 cm³/mol. The van der Waals surface area contributed by atoms with Gasteiger partial charge in [-0.05, 0) is 13.8 Å².